The molecule has 1 aliphatic carbocycles. The highest BCUT2D eigenvalue weighted by atomic mass is 16.5. The molecule has 1 saturated heterocycles. The Labute approximate surface area is 97.1 Å². The van der Waals surface area contributed by atoms with Crippen molar-refractivity contribution in [3.63, 3.8) is 0 Å². The molecule has 2 N–H and O–H groups in total. The van der Waals surface area contributed by atoms with E-state index in [1.54, 1.807) is 0 Å². The topological polar surface area (TPSA) is 50.4 Å². The predicted molar refractivity (Wildman–Crippen MR) is 62.2 cm³/mol. The first-order valence-corrected chi connectivity index (χ1v) is 6.45. The lowest BCUT2D eigenvalue weighted by atomic mass is 10.2. The number of hydrogen-bond acceptors (Lipinski definition) is 3. The molecular weight excluding hydrogens is 204 g/mol. The number of carbonyl (C=O) groups is 1. The smallest absolute Gasteiger partial charge is 0.237 e. The molecule has 1 heterocycles. The molecule has 2 fully saturated rings. The van der Waals surface area contributed by atoms with E-state index in [1.807, 2.05) is 0 Å². The lowest BCUT2D eigenvalue weighted by molar-refractivity contribution is -0.122. The summed E-state index contributed by atoms with van der Waals surface area (Å²) in [5.74, 6) is 0.983. The van der Waals surface area contributed by atoms with Crippen LogP contribution in [0.5, 0.6) is 0 Å². The molecule has 1 atom stereocenters. The van der Waals surface area contributed by atoms with Gasteiger partial charge in [0, 0.05) is 19.8 Å². The minimum absolute atomic E-state index is 0.0485. The molecule has 0 aromatic carbocycles. The summed E-state index contributed by atoms with van der Waals surface area (Å²) in [7, 11) is 0. The van der Waals surface area contributed by atoms with Gasteiger partial charge in [0.25, 0.3) is 0 Å². The summed E-state index contributed by atoms with van der Waals surface area (Å²) < 4.78 is 5.50. The Morgan fingerprint density at radius 2 is 2.25 bits per heavy atom. The zero-order valence-corrected chi connectivity index (χ0v) is 9.84. The second kappa shape index (κ2) is 6.21. The molecule has 92 valence electrons. The average Bonchev–Trinajstić information content (AvgIpc) is 2.95. The van der Waals surface area contributed by atoms with Crippen molar-refractivity contribution in [1.29, 1.82) is 0 Å². The van der Waals surface area contributed by atoms with Gasteiger partial charge in [0.2, 0.25) is 5.91 Å². The van der Waals surface area contributed by atoms with Crippen LogP contribution in [-0.2, 0) is 9.53 Å². The molecule has 1 amide bonds. The minimum atomic E-state index is 0.0485. The van der Waals surface area contributed by atoms with Gasteiger partial charge in [0.15, 0.2) is 0 Å². The Bertz CT molecular complexity index is 223. The molecule has 0 radical (unpaired) electrons. The van der Waals surface area contributed by atoms with Crippen molar-refractivity contribution in [3.05, 3.63) is 0 Å². The van der Waals surface area contributed by atoms with E-state index in [-0.39, 0.29) is 11.9 Å². The van der Waals surface area contributed by atoms with Gasteiger partial charge in [0.1, 0.15) is 0 Å². The second-order valence-corrected chi connectivity index (χ2v) is 4.81. The zero-order valence-electron chi connectivity index (χ0n) is 9.84. The van der Waals surface area contributed by atoms with Crippen molar-refractivity contribution in [3.8, 4) is 0 Å². The number of rotatable bonds is 7. The first-order valence-electron chi connectivity index (χ1n) is 6.45. The minimum Gasteiger partial charge on any atom is -0.381 e. The molecular formula is C12H22N2O2. The van der Waals surface area contributed by atoms with Crippen LogP contribution in [0.15, 0.2) is 0 Å². The standard InChI is InChI=1S/C12H22N2O2/c15-12(11-3-1-6-13-11)14-7-2-8-16-9-10-4-5-10/h10-11,13H,1-9H2,(H,14,15)/t11-/m0/s1. The van der Waals surface area contributed by atoms with E-state index in [9.17, 15) is 4.79 Å². The normalized spacial score (nSPS) is 24.6. The first kappa shape index (κ1) is 11.9. The molecule has 0 spiro atoms. The van der Waals surface area contributed by atoms with E-state index in [0.29, 0.717) is 0 Å². The Hall–Kier alpha value is -0.610. The van der Waals surface area contributed by atoms with Gasteiger partial charge in [-0.25, -0.2) is 0 Å². The maximum Gasteiger partial charge on any atom is 0.237 e. The molecule has 0 aromatic rings. The zero-order chi connectivity index (χ0) is 11.2. The third-order valence-corrected chi connectivity index (χ3v) is 3.19. The first-order chi connectivity index (χ1) is 7.86. The molecule has 1 saturated carbocycles. The van der Waals surface area contributed by atoms with E-state index in [0.717, 1.165) is 51.5 Å². The van der Waals surface area contributed by atoms with Gasteiger partial charge >= 0.3 is 0 Å². The molecule has 16 heavy (non-hydrogen) atoms. The monoisotopic (exact) mass is 226 g/mol. The largest absolute Gasteiger partial charge is 0.381 e. The Kier molecular flexibility index (Phi) is 4.60. The molecule has 4 nitrogen and oxygen atoms in total. The van der Waals surface area contributed by atoms with Gasteiger partial charge in [-0.1, -0.05) is 0 Å². The van der Waals surface area contributed by atoms with Gasteiger partial charge in [-0.05, 0) is 44.6 Å². The second-order valence-electron chi connectivity index (χ2n) is 4.81. The van der Waals surface area contributed by atoms with Crippen LogP contribution in [-0.4, -0.2) is 38.3 Å². The number of amides is 1. The van der Waals surface area contributed by atoms with Crippen LogP contribution in [0.2, 0.25) is 0 Å². The highest BCUT2D eigenvalue weighted by Crippen LogP contribution is 2.28. The van der Waals surface area contributed by atoms with E-state index < -0.39 is 0 Å². The van der Waals surface area contributed by atoms with Gasteiger partial charge < -0.3 is 15.4 Å². The summed E-state index contributed by atoms with van der Waals surface area (Å²) >= 11 is 0. The third kappa shape index (κ3) is 4.10. The maximum atomic E-state index is 11.6. The fourth-order valence-corrected chi connectivity index (χ4v) is 1.95. The highest BCUT2D eigenvalue weighted by molar-refractivity contribution is 5.81. The van der Waals surface area contributed by atoms with Crippen molar-refractivity contribution in [1.82, 2.24) is 10.6 Å². The van der Waals surface area contributed by atoms with Crippen LogP contribution >= 0.6 is 0 Å². The van der Waals surface area contributed by atoms with E-state index in [1.165, 1.54) is 12.8 Å². The Balaban J connectivity index is 1.42. The van der Waals surface area contributed by atoms with Gasteiger partial charge in [-0.15, -0.1) is 0 Å². The van der Waals surface area contributed by atoms with Crippen molar-refractivity contribution < 1.29 is 9.53 Å². The lowest BCUT2D eigenvalue weighted by Gasteiger charge is -2.10. The van der Waals surface area contributed by atoms with Gasteiger partial charge in [0.05, 0.1) is 6.04 Å². The molecule has 0 unspecified atom stereocenters. The summed E-state index contributed by atoms with van der Waals surface area (Å²) in [5, 5.41) is 6.14. The summed E-state index contributed by atoms with van der Waals surface area (Å²) in [6.45, 7) is 3.40. The predicted octanol–water partition coefficient (Wildman–Crippen LogP) is 0.671. The Morgan fingerprint density at radius 3 is 2.94 bits per heavy atom. The van der Waals surface area contributed by atoms with Crippen molar-refractivity contribution in [2.24, 2.45) is 5.92 Å². The number of ether oxygens (including phenoxy) is 1. The molecule has 0 aromatic heterocycles. The van der Waals surface area contributed by atoms with Crippen molar-refractivity contribution in [2.45, 2.75) is 38.1 Å². The van der Waals surface area contributed by atoms with Gasteiger partial charge in [-0.2, -0.15) is 0 Å². The molecule has 4 heteroatoms. The number of carbonyl (C=O) groups excluding carboxylic acids is 1. The summed E-state index contributed by atoms with van der Waals surface area (Å²) in [4.78, 5) is 11.6. The van der Waals surface area contributed by atoms with Crippen LogP contribution in [0.3, 0.4) is 0 Å². The lowest BCUT2D eigenvalue weighted by Crippen LogP contribution is -2.40. The average molecular weight is 226 g/mol. The molecule has 1 aliphatic heterocycles. The highest BCUT2D eigenvalue weighted by Gasteiger charge is 2.22. The summed E-state index contributed by atoms with van der Waals surface area (Å²) in [6, 6.07) is 0.0485. The maximum absolute atomic E-state index is 11.6. The number of hydrogen-bond donors (Lipinski definition) is 2. The summed E-state index contributed by atoms with van der Waals surface area (Å²) in [5.41, 5.74) is 0. The molecule has 2 rings (SSSR count). The van der Waals surface area contributed by atoms with E-state index in [4.69, 9.17) is 4.74 Å². The van der Waals surface area contributed by atoms with Crippen LogP contribution < -0.4 is 10.6 Å². The van der Waals surface area contributed by atoms with Crippen LogP contribution in [0.4, 0.5) is 0 Å². The van der Waals surface area contributed by atoms with Crippen molar-refractivity contribution >= 4 is 5.91 Å². The van der Waals surface area contributed by atoms with Crippen molar-refractivity contribution in [2.75, 3.05) is 26.3 Å². The van der Waals surface area contributed by atoms with Crippen LogP contribution in [0, 0.1) is 5.92 Å². The number of nitrogens with one attached hydrogen (secondary N) is 2. The fourth-order valence-electron chi connectivity index (χ4n) is 1.95. The van der Waals surface area contributed by atoms with Gasteiger partial charge in [-0.3, -0.25) is 4.79 Å². The fraction of sp³-hybridized carbons (Fsp3) is 0.917. The van der Waals surface area contributed by atoms with Crippen LogP contribution in [0.1, 0.15) is 32.1 Å². The summed E-state index contributed by atoms with van der Waals surface area (Å²) in [6.07, 6.45) is 5.69. The van der Waals surface area contributed by atoms with Crippen LogP contribution in [0.25, 0.3) is 0 Å². The molecule has 2 aliphatic rings. The molecule has 0 bridgehead atoms. The van der Waals surface area contributed by atoms with E-state index >= 15 is 0 Å². The SMILES string of the molecule is O=C(NCCCOCC1CC1)[C@@H]1CCCN1. The third-order valence-electron chi connectivity index (χ3n) is 3.19. The van der Waals surface area contributed by atoms with E-state index in [2.05, 4.69) is 10.6 Å². The quantitative estimate of drug-likeness (QED) is 0.627. The Morgan fingerprint density at radius 1 is 1.38 bits per heavy atom.